The van der Waals surface area contributed by atoms with Gasteiger partial charge in [-0.05, 0) is 13.0 Å². The van der Waals surface area contributed by atoms with Crippen LogP contribution in [0.2, 0.25) is 5.02 Å². The van der Waals surface area contributed by atoms with E-state index in [1.165, 1.54) is 0 Å². The number of hydrogen-bond donors (Lipinski definition) is 2. The van der Waals surface area contributed by atoms with E-state index in [9.17, 15) is 4.79 Å². The van der Waals surface area contributed by atoms with Crippen LogP contribution in [0, 0.1) is 6.92 Å². The second-order valence-corrected chi connectivity index (χ2v) is 3.97. The number of H-pyrrole nitrogens is 1. The Hall–Kier alpha value is -1.75. The normalized spacial score (nSPS) is 10.4. The number of nitrogens with one attached hydrogen (secondary N) is 2. The lowest BCUT2D eigenvalue weighted by molar-refractivity contribution is 0.101. The van der Waals surface area contributed by atoms with Crippen molar-refractivity contribution in [2.75, 3.05) is 5.32 Å². The molecule has 0 aromatic carbocycles. The second-order valence-electron chi connectivity index (χ2n) is 3.54. The molecule has 1 amide bonds. The first-order valence-corrected chi connectivity index (χ1v) is 5.09. The summed E-state index contributed by atoms with van der Waals surface area (Å²) in [4.78, 5) is 11.9. The Bertz CT molecular complexity index is 529. The molecule has 0 aliphatic carbocycles. The number of rotatable bonds is 2. The SMILES string of the molecule is Cc1cn[nH]c1NC(=O)c1cc(Cl)cn1C. The number of halogens is 1. The molecule has 2 heterocycles. The summed E-state index contributed by atoms with van der Waals surface area (Å²) in [6.07, 6.45) is 3.32. The fourth-order valence-corrected chi connectivity index (χ4v) is 1.65. The van der Waals surface area contributed by atoms with Crippen molar-refractivity contribution in [1.82, 2.24) is 14.8 Å². The third kappa shape index (κ3) is 1.94. The van der Waals surface area contributed by atoms with E-state index in [2.05, 4.69) is 15.5 Å². The maximum absolute atomic E-state index is 11.9. The van der Waals surface area contributed by atoms with Crippen molar-refractivity contribution in [1.29, 1.82) is 0 Å². The molecule has 2 aromatic rings. The second kappa shape index (κ2) is 4.02. The van der Waals surface area contributed by atoms with E-state index in [-0.39, 0.29) is 5.91 Å². The van der Waals surface area contributed by atoms with Gasteiger partial charge in [-0.2, -0.15) is 5.10 Å². The van der Waals surface area contributed by atoms with Gasteiger partial charge in [-0.25, -0.2) is 0 Å². The van der Waals surface area contributed by atoms with Gasteiger partial charge in [0.05, 0.1) is 11.2 Å². The highest BCUT2D eigenvalue weighted by atomic mass is 35.5. The Balaban J connectivity index is 2.21. The number of carbonyl (C=O) groups excluding carboxylic acids is 1. The number of hydrogen-bond acceptors (Lipinski definition) is 2. The lowest BCUT2D eigenvalue weighted by Crippen LogP contribution is -2.16. The Morgan fingerprint density at radius 2 is 2.38 bits per heavy atom. The van der Waals surface area contributed by atoms with Crippen LogP contribution in [-0.4, -0.2) is 20.7 Å². The van der Waals surface area contributed by atoms with Gasteiger partial charge in [-0.1, -0.05) is 11.6 Å². The summed E-state index contributed by atoms with van der Waals surface area (Å²) in [5, 5.41) is 9.79. The first kappa shape index (κ1) is 10.8. The number of nitrogens with zero attached hydrogens (tertiary/aromatic N) is 2. The van der Waals surface area contributed by atoms with Crippen LogP contribution >= 0.6 is 11.6 Å². The average molecular weight is 239 g/mol. The molecule has 0 saturated heterocycles. The summed E-state index contributed by atoms with van der Waals surface area (Å²) in [5.74, 6) is 0.379. The van der Waals surface area contributed by atoms with E-state index in [0.717, 1.165) is 5.56 Å². The van der Waals surface area contributed by atoms with E-state index >= 15 is 0 Å². The van der Waals surface area contributed by atoms with Crippen molar-refractivity contribution < 1.29 is 4.79 Å². The van der Waals surface area contributed by atoms with Crippen LogP contribution in [0.4, 0.5) is 5.82 Å². The molecule has 5 nitrogen and oxygen atoms in total. The van der Waals surface area contributed by atoms with Crippen molar-refractivity contribution in [3.05, 3.63) is 34.7 Å². The minimum atomic E-state index is -0.221. The molecule has 6 heteroatoms. The number of aryl methyl sites for hydroxylation is 2. The van der Waals surface area contributed by atoms with Gasteiger partial charge in [0.15, 0.2) is 0 Å². The number of carbonyl (C=O) groups is 1. The Morgan fingerprint density at radius 1 is 1.62 bits per heavy atom. The monoisotopic (exact) mass is 238 g/mol. The van der Waals surface area contributed by atoms with Crippen molar-refractivity contribution in [2.24, 2.45) is 7.05 Å². The summed E-state index contributed by atoms with van der Waals surface area (Å²) in [5.41, 5.74) is 1.38. The molecule has 2 N–H and O–H groups in total. The molecule has 2 rings (SSSR count). The predicted molar refractivity (Wildman–Crippen MR) is 61.7 cm³/mol. The molecule has 2 aromatic heterocycles. The molecule has 0 radical (unpaired) electrons. The fraction of sp³-hybridized carbons (Fsp3) is 0.200. The fourth-order valence-electron chi connectivity index (χ4n) is 1.40. The molecule has 0 saturated carbocycles. The minimum Gasteiger partial charge on any atom is -0.345 e. The number of anilines is 1. The van der Waals surface area contributed by atoms with Gasteiger partial charge in [0.25, 0.3) is 5.91 Å². The zero-order valence-corrected chi connectivity index (χ0v) is 9.67. The highest BCUT2D eigenvalue weighted by molar-refractivity contribution is 6.31. The van der Waals surface area contributed by atoms with Gasteiger partial charge in [0.1, 0.15) is 11.5 Å². The van der Waals surface area contributed by atoms with Crippen molar-refractivity contribution in [2.45, 2.75) is 6.92 Å². The molecule has 0 atom stereocenters. The Labute approximate surface area is 97.4 Å². The number of aromatic amines is 1. The predicted octanol–water partition coefficient (Wildman–Crippen LogP) is 1.96. The molecule has 0 fully saturated rings. The summed E-state index contributed by atoms with van der Waals surface area (Å²) in [7, 11) is 1.76. The quantitative estimate of drug-likeness (QED) is 0.840. The number of amides is 1. The van der Waals surface area contributed by atoms with E-state index in [0.29, 0.717) is 16.5 Å². The molecular formula is C10H11ClN4O. The van der Waals surface area contributed by atoms with Crippen molar-refractivity contribution >= 4 is 23.3 Å². The van der Waals surface area contributed by atoms with Crippen LogP contribution in [0.3, 0.4) is 0 Å². The maximum atomic E-state index is 11.9. The topological polar surface area (TPSA) is 62.7 Å². The summed E-state index contributed by atoms with van der Waals surface area (Å²) in [6, 6.07) is 1.61. The molecule has 0 unspecified atom stereocenters. The first-order valence-electron chi connectivity index (χ1n) is 4.71. The van der Waals surface area contributed by atoms with Gasteiger partial charge in [0, 0.05) is 18.8 Å². The van der Waals surface area contributed by atoms with Crippen molar-refractivity contribution in [3.63, 3.8) is 0 Å². The zero-order chi connectivity index (χ0) is 11.7. The molecule has 0 bridgehead atoms. The van der Waals surface area contributed by atoms with Gasteiger partial charge >= 0.3 is 0 Å². The van der Waals surface area contributed by atoms with Gasteiger partial charge in [-0.15, -0.1) is 0 Å². The molecule has 84 valence electrons. The highest BCUT2D eigenvalue weighted by Gasteiger charge is 2.12. The van der Waals surface area contributed by atoms with E-state index < -0.39 is 0 Å². The van der Waals surface area contributed by atoms with E-state index in [1.807, 2.05) is 6.92 Å². The van der Waals surface area contributed by atoms with Crippen LogP contribution in [0.1, 0.15) is 16.1 Å². The third-order valence-electron chi connectivity index (χ3n) is 2.27. The molecule has 0 aliphatic rings. The maximum Gasteiger partial charge on any atom is 0.273 e. The van der Waals surface area contributed by atoms with Crippen molar-refractivity contribution in [3.8, 4) is 0 Å². The van der Waals surface area contributed by atoms with E-state index in [4.69, 9.17) is 11.6 Å². The smallest absolute Gasteiger partial charge is 0.273 e. The van der Waals surface area contributed by atoms with Gasteiger partial charge in [0.2, 0.25) is 0 Å². The first-order chi connectivity index (χ1) is 7.58. The Kier molecular flexibility index (Phi) is 2.70. The summed E-state index contributed by atoms with van der Waals surface area (Å²) >= 11 is 5.80. The standard InChI is InChI=1S/C10H11ClN4O/c1-6-4-12-14-9(6)13-10(16)8-3-7(11)5-15(8)2/h3-5H,1-2H3,(H2,12,13,14,16). The Morgan fingerprint density at radius 3 is 2.88 bits per heavy atom. The van der Waals surface area contributed by atoms with Crippen LogP contribution in [0.25, 0.3) is 0 Å². The average Bonchev–Trinajstić information content (AvgIpc) is 2.74. The van der Waals surface area contributed by atoms with Crippen LogP contribution in [0.5, 0.6) is 0 Å². The highest BCUT2D eigenvalue weighted by Crippen LogP contribution is 2.15. The van der Waals surface area contributed by atoms with Crippen LogP contribution in [0.15, 0.2) is 18.5 Å². The van der Waals surface area contributed by atoms with Crippen LogP contribution < -0.4 is 5.32 Å². The van der Waals surface area contributed by atoms with Crippen LogP contribution in [-0.2, 0) is 7.05 Å². The van der Waals surface area contributed by atoms with Gasteiger partial charge < -0.3 is 9.88 Å². The zero-order valence-electron chi connectivity index (χ0n) is 8.91. The largest absolute Gasteiger partial charge is 0.345 e. The lowest BCUT2D eigenvalue weighted by Gasteiger charge is -2.04. The lowest BCUT2D eigenvalue weighted by atomic mass is 10.3. The molecule has 0 spiro atoms. The van der Waals surface area contributed by atoms with Gasteiger partial charge in [-0.3, -0.25) is 9.89 Å². The third-order valence-corrected chi connectivity index (χ3v) is 2.48. The minimum absolute atomic E-state index is 0.221. The molecular weight excluding hydrogens is 228 g/mol. The summed E-state index contributed by atoms with van der Waals surface area (Å²) < 4.78 is 1.67. The molecule has 0 aliphatic heterocycles. The molecule has 16 heavy (non-hydrogen) atoms. The van der Waals surface area contributed by atoms with E-state index in [1.54, 1.807) is 30.1 Å². The summed E-state index contributed by atoms with van der Waals surface area (Å²) in [6.45, 7) is 1.86. The number of aromatic nitrogens is 3.